The van der Waals surface area contributed by atoms with E-state index in [1.165, 1.54) is 10.3 Å². The molecule has 0 bridgehead atoms. The van der Waals surface area contributed by atoms with Crippen LogP contribution in [0.1, 0.15) is 10.6 Å². The molecule has 0 saturated heterocycles. The molecule has 0 aliphatic carbocycles. The minimum Gasteiger partial charge on any atom is -0.287 e. The van der Waals surface area contributed by atoms with E-state index >= 15 is 0 Å². The van der Waals surface area contributed by atoms with E-state index in [1.54, 1.807) is 23.1 Å². The summed E-state index contributed by atoms with van der Waals surface area (Å²) in [6, 6.07) is 25.2. The first-order chi connectivity index (χ1) is 13.3. The van der Waals surface area contributed by atoms with Crippen LogP contribution in [0.5, 0.6) is 0 Å². The number of fused-ring (bicyclic) bond motifs is 2. The molecule has 5 rings (SSSR count). The fourth-order valence-corrected chi connectivity index (χ4v) is 5.14. The lowest BCUT2D eigenvalue weighted by Gasteiger charge is -2.09. The van der Waals surface area contributed by atoms with Crippen LogP contribution in [0.2, 0.25) is 0 Å². The summed E-state index contributed by atoms with van der Waals surface area (Å²) in [5, 5.41) is 2.13. The highest BCUT2D eigenvalue weighted by Crippen LogP contribution is 2.32. The zero-order valence-corrected chi connectivity index (χ0v) is 16.4. The monoisotopic (exact) mass is 387 g/mol. The summed E-state index contributed by atoms with van der Waals surface area (Å²) in [7, 11) is 0. The van der Waals surface area contributed by atoms with Gasteiger partial charge in [-0.1, -0.05) is 53.7 Å². The topological polar surface area (TPSA) is 30.7 Å². The van der Waals surface area contributed by atoms with E-state index in [0.717, 1.165) is 38.2 Å². The number of para-hydroxylation sites is 3. The Bertz CT molecular complexity index is 1200. The predicted octanol–water partition coefficient (Wildman–Crippen LogP) is 6.24. The Hall–Kier alpha value is -2.63. The third-order valence-electron chi connectivity index (χ3n) is 4.49. The number of rotatable bonds is 4. The average Bonchev–Trinajstić information content (AvgIpc) is 3.27. The van der Waals surface area contributed by atoms with Crippen LogP contribution in [-0.2, 0) is 5.75 Å². The van der Waals surface area contributed by atoms with Crippen molar-refractivity contribution in [1.82, 2.24) is 14.5 Å². The normalized spacial score (nSPS) is 11.4. The third-order valence-corrected chi connectivity index (χ3v) is 6.65. The van der Waals surface area contributed by atoms with Crippen molar-refractivity contribution in [3.8, 4) is 5.69 Å². The van der Waals surface area contributed by atoms with E-state index in [1.807, 2.05) is 12.1 Å². The van der Waals surface area contributed by atoms with Crippen LogP contribution in [0.4, 0.5) is 0 Å². The Kier molecular flexibility index (Phi) is 4.19. The highest BCUT2D eigenvalue weighted by Gasteiger charge is 2.14. The molecule has 3 nitrogen and oxygen atoms in total. The van der Waals surface area contributed by atoms with Gasteiger partial charge in [0.15, 0.2) is 5.16 Å². The van der Waals surface area contributed by atoms with Gasteiger partial charge in [-0.15, -0.1) is 11.3 Å². The molecule has 5 heteroatoms. The van der Waals surface area contributed by atoms with E-state index in [9.17, 15) is 0 Å². The Morgan fingerprint density at radius 3 is 2.41 bits per heavy atom. The minimum atomic E-state index is 0.814. The van der Waals surface area contributed by atoms with Crippen molar-refractivity contribution in [3.63, 3.8) is 0 Å². The van der Waals surface area contributed by atoms with Gasteiger partial charge >= 0.3 is 0 Å². The molecule has 27 heavy (non-hydrogen) atoms. The second-order valence-electron chi connectivity index (χ2n) is 6.42. The van der Waals surface area contributed by atoms with Gasteiger partial charge in [-0.25, -0.2) is 9.97 Å². The number of aromatic nitrogens is 3. The summed E-state index contributed by atoms with van der Waals surface area (Å²) >= 11 is 3.50. The van der Waals surface area contributed by atoms with Crippen LogP contribution in [0, 0.1) is 6.92 Å². The first-order valence-electron chi connectivity index (χ1n) is 8.80. The summed E-state index contributed by atoms with van der Waals surface area (Å²) in [5.41, 5.74) is 5.62. The zero-order chi connectivity index (χ0) is 18.2. The van der Waals surface area contributed by atoms with E-state index in [4.69, 9.17) is 9.97 Å². The fraction of sp³-hybridized carbons (Fsp3) is 0.0909. The number of hydrogen-bond acceptors (Lipinski definition) is 4. The van der Waals surface area contributed by atoms with Crippen molar-refractivity contribution in [2.45, 2.75) is 17.8 Å². The fourth-order valence-electron chi connectivity index (χ4n) is 3.15. The SMILES string of the molecule is Cc1ccc(-n2c(SCc3nc4ccccc4s3)nc3ccccc32)cc1. The van der Waals surface area contributed by atoms with Crippen LogP contribution < -0.4 is 0 Å². The smallest absolute Gasteiger partial charge is 0.174 e. The Balaban J connectivity index is 1.54. The maximum absolute atomic E-state index is 4.88. The van der Waals surface area contributed by atoms with E-state index in [2.05, 4.69) is 72.2 Å². The molecule has 0 aliphatic heterocycles. The van der Waals surface area contributed by atoms with Gasteiger partial charge in [0.1, 0.15) is 5.01 Å². The van der Waals surface area contributed by atoms with Gasteiger partial charge in [-0.05, 0) is 43.3 Å². The molecule has 2 aromatic heterocycles. The van der Waals surface area contributed by atoms with Gasteiger partial charge < -0.3 is 0 Å². The Morgan fingerprint density at radius 2 is 1.59 bits per heavy atom. The molecule has 0 N–H and O–H groups in total. The van der Waals surface area contributed by atoms with Gasteiger partial charge in [0, 0.05) is 5.69 Å². The molecule has 0 aliphatic rings. The molecule has 2 heterocycles. The molecule has 5 aromatic rings. The lowest BCUT2D eigenvalue weighted by Crippen LogP contribution is -1.96. The molecular weight excluding hydrogens is 370 g/mol. The van der Waals surface area contributed by atoms with Crippen molar-refractivity contribution in [3.05, 3.63) is 83.4 Å². The van der Waals surface area contributed by atoms with Crippen molar-refractivity contribution >= 4 is 44.3 Å². The van der Waals surface area contributed by atoms with Crippen LogP contribution >= 0.6 is 23.1 Å². The van der Waals surface area contributed by atoms with Gasteiger partial charge in [-0.2, -0.15) is 0 Å². The van der Waals surface area contributed by atoms with Crippen LogP contribution in [0.25, 0.3) is 26.9 Å². The lowest BCUT2D eigenvalue weighted by molar-refractivity contribution is 0.918. The molecule has 0 atom stereocenters. The highest BCUT2D eigenvalue weighted by molar-refractivity contribution is 7.98. The number of hydrogen-bond donors (Lipinski definition) is 0. The maximum Gasteiger partial charge on any atom is 0.174 e. The van der Waals surface area contributed by atoms with Gasteiger partial charge in [-0.3, -0.25) is 4.57 Å². The van der Waals surface area contributed by atoms with E-state index in [0.29, 0.717) is 0 Å². The summed E-state index contributed by atoms with van der Waals surface area (Å²) in [6.45, 7) is 2.11. The number of thioether (sulfide) groups is 1. The highest BCUT2D eigenvalue weighted by atomic mass is 32.2. The molecule has 0 spiro atoms. The number of imidazole rings is 1. The second kappa shape index (κ2) is 6.83. The second-order valence-corrected chi connectivity index (χ2v) is 8.48. The molecule has 3 aromatic carbocycles. The van der Waals surface area contributed by atoms with Crippen molar-refractivity contribution in [2.24, 2.45) is 0 Å². The number of nitrogens with zero attached hydrogens (tertiary/aromatic N) is 3. The van der Waals surface area contributed by atoms with Crippen LogP contribution in [0.3, 0.4) is 0 Å². The molecule has 0 unspecified atom stereocenters. The maximum atomic E-state index is 4.88. The first-order valence-corrected chi connectivity index (χ1v) is 10.6. The van der Waals surface area contributed by atoms with Crippen molar-refractivity contribution in [2.75, 3.05) is 0 Å². The Morgan fingerprint density at radius 1 is 0.852 bits per heavy atom. The minimum absolute atomic E-state index is 0.814. The largest absolute Gasteiger partial charge is 0.287 e. The number of benzene rings is 3. The summed E-state index contributed by atoms with van der Waals surface area (Å²) in [6.07, 6.45) is 0. The quantitative estimate of drug-likeness (QED) is 0.342. The van der Waals surface area contributed by atoms with Crippen LogP contribution in [-0.4, -0.2) is 14.5 Å². The lowest BCUT2D eigenvalue weighted by atomic mass is 10.2. The molecular formula is C22H17N3S2. The zero-order valence-electron chi connectivity index (χ0n) is 14.8. The summed E-state index contributed by atoms with van der Waals surface area (Å²) in [5.74, 6) is 0.814. The standard InChI is InChI=1S/C22H17N3S2/c1-15-10-12-16(13-11-15)25-19-8-4-2-6-17(19)24-22(25)26-14-21-23-18-7-3-5-9-20(18)27-21/h2-13H,14H2,1H3. The summed E-state index contributed by atoms with van der Waals surface area (Å²) < 4.78 is 3.48. The van der Waals surface area contributed by atoms with E-state index in [-0.39, 0.29) is 0 Å². The van der Waals surface area contributed by atoms with Crippen LogP contribution in [0.15, 0.2) is 78.0 Å². The first kappa shape index (κ1) is 16.5. The molecule has 0 saturated carbocycles. The number of thiazole rings is 1. The molecule has 132 valence electrons. The van der Waals surface area contributed by atoms with Crippen molar-refractivity contribution < 1.29 is 0 Å². The average molecular weight is 388 g/mol. The summed E-state index contributed by atoms with van der Waals surface area (Å²) in [4.78, 5) is 9.64. The molecule has 0 radical (unpaired) electrons. The molecule has 0 fully saturated rings. The van der Waals surface area contributed by atoms with E-state index < -0.39 is 0 Å². The van der Waals surface area contributed by atoms with Gasteiger partial charge in [0.25, 0.3) is 0 Å². The Labute approximate surface area is 165 Å². The molecule has 0 amide bonds. The third kappa shape index (κ3) is 3.13. The predicted molar refractivity (Wildman–Crippen MR) is 115 cm³/mol. The van der Waals surface area contributed by atoms with Gasteiger partial charge in [0.05, 0.1) is 27.0 Å². The van der Waals surface area contributed by atoms with Gasteiger partial charge in [0.2, 0.25) is 0 Å². The number of aryl methyl sites for hydroxylation is 1. The van der Waals surface area contributed by atoms with Crippen molar-refractivity contribution in [1.29, 1.82) is 0 Å².